The number of nitro groups is 1. The number of alkyl halides is 2. The van der Waals surface area contributed by atoms with Crippen LogP contribution in [0.2, 0.25) is 0 Å². The third-order valence-electron chi connectivity index (χ3n) is 2.15. The van der Waals surface area contributed by atoms with Crippen LogP contribution in [0.4, 0.5) is 5.69 Å². The first-order valence-corrected chi connectivity index (χ1v) is 5.90. The van der Waals surface area contributed by atoms with Gasteiger partial charge in [-0.2, -0.15) is 0 Å². The Hall–Kier alpha value is -0.940. The summed E-state index contributed by atoms with van der Waals surface area (Å²) >= 11 is 8.89. The molecule has 0 aliphatic carbocycles. The molecule has 0 aromatic heterocycles. The van der Waals surface area contributed by atoms with E-state index in [2.05, 4.69) is 15.9 Å². The number of rotatable bonds is 4. The molecule has 0 radical (unpaired) electrons. The van der Waals surface area contributed by atoms with Crippen LogP contribution in [-0.4, -0.2) is 10.7 Å². The molecule has 1 rings (SSSR count). The van der Waals surface area contributed by atoms with E-state index < -0.39 is 9.75 Å². The highest BCUT2D eigenvalue weighted by Gasteiger charge is 2.22. The molecule has 0 fully saturated rings. The number of halogens is 2. The fourth-order valence-electron chi connectivity index (χ4n) is 1.37. The molecule has 1 unspecified atom stereocenters. The number of nitro benzene ring substituents is 1. The number of hydrogen-bond donors (Lipinski definition) is 0. The fraction of sp³-hybridized carbons (Fsp3) is 0.300. The van der Waals surface area contributed by atoms with Crippen LogP contribution in [0.3, 0.4) is 0 Å². The van der Waals surface area contributed by atoms with Crippen LogP contribution in [0.25, 0.3) is 0 Å². The van der Waals surface area contributed by atoms with Crippen molar-refractivity contribution in [1.29, 1.82) is 0 Å². The SMILES string of the molecule is CC(=O)C(Br)c1cccc([N+](=O)[O-])c1CCl. The summed E-state index contributed by atoms with van der Waals surface area (Å²) in [7, 11) is 0. The molecule has 16 heavy (non-hydrogen) atoms. The largest absolute Gasteiger partial charge is 0.298 e. The fourth-order valence-corrected chi connectivity index (χ4v) is 2.09. The van der Waals surface area contributed by atoms with E-state index in [0.717, 1.165) is 0 Å². The lowest BCUT2D eigenvalue weighted by molar-refractivity contribution is -0.385. The zero-order valence-electron chi connectivity index (χ0n) is 8.44. The Kier molecular flexibility index (Phi) is 4.44. The van der Waals surface area contributed by atoms with E-state index in [1.807, 2.05) is 0 Å². The van der Waals surface area contributed by atoms with Crippen molar-refractivity contribution in [3.05, 3.63) is 39.4 Å². The molecule has 0 amide bonds. The second-order valence-electron chi connectivity index (χ2n) is 3.21. The third kappa shape index (κ3) is 2.59. The van der Waals surface area contributed by atoms with Gasteiger partial charge >= 0.3 is 0 Å². The number of carbonyl (C=O) groups excluding carboxylic acids is 1. The second kappa shape index (κ2) is 5.41. The minimum Gasteiger partial charge on any atom is -0.298 e. The summed E-state index contributed by atoms with van der Waals surface area (Å²) in [5, 5.41) is 10.8. The topological polar surface area (TPSA) is 60.2 Å². The molecule has 0 bridgehead atoms. The van der Waals surface area contributed by atoms with Crippen LogP contribution < -0.4 is 0 Å². The highest BCUT2D eigenvalue weighted by atomic mass is 79.9. The monoisotopic (exact) mass is 305 g/mol. The molecule has 0 saturated carbocycles. The molecular formula is C10H9BrClNO3. The number of benzene rings is 1. The van der Waals surface area contributed by atoms with Gasteiger partial charge in [-0.3, -0.25) is 14.9 Å². The van der Waals surface area contributed by atoms with Gasteiger partial charge in [0.05, 0.1) is 15.6 Å². The molecule has 0 heterocycles. The van der Waals surface area contributed by atoms with E-state index in [4.69, 9.17) is 11.6 Å². The minimum atomic E-state index is -0.554. The Balaban J connectivity index is 3.34. The highest BCUT2D eigenvalue weighted by molar-refractivity contribution is 9.09. The predicted octanol–water partition coefficient (Wildman–Crippen LogP) is 3.36. The first kappa shape index (κ1) is 13.1. The second-order valence-corrected chi connectivity index (χ2v) is 4.39. The zero-order chi connectivity index (χ0) is 12.3. The van der Waals surface area contributed by atoms with E-state index in [0.29, 0.717) is 11.1 Å². The average molecular weight is 307 g/mol. The van der Waals surface area contributed by atoms with Gasteiger partial charge < -0.3 is 0 Å². The van der Waals surface area contributed by atoms with Gasteiger partial charge in [0.2, 0.25) is 0 Å². The van der Waals surface area contributed by atoms with Crippen LogP contribution in [0.15, 0.2) is 18.2 Å². The standard InChI is InChI=1S/C10H9BrClNO3/c1-6(14)10(11)7-3-2-4-9(13(15)16)8(7)5-12/h2-4,10H,5H2,1H3. The Morgan fingerprint density at radius 2 is 2.25 bits per heavy atom. The minimum absolute atomic E-state index is 0.00185. The first-order chi connectivity index (χ1) is 7.49. The van der Waals surface area contributed by atoms with Crippen LogP contribution in [0, 0.1) is 10.1 Å². The molecule has 86 valence electrons. The number of Topliss-reactive ketones (excluding diaryl/α,β-unsaturated/α-hetero) is 1. The first-order valence-electron chi connectivity index (χ1n) is 4.45. The van der Waals surface area contributed by atoms with Crippen LogP contribution >= 0.6 is 27.5 Å². The summed E-state index contributed by atoms with van der Waals surface area (Å²) in [6, 6.07) is 4.58. The Labute approximate surface area is 106 Å². The van der Waals surface area contributed by atoms with Crippen molar-refractivity contribution in [2.45, 2.75) is 17.6 Å². The van der Waals surface area contributed by atoms with E-state index in [9.17, 15) is 14.9 Å². The number of ketones is 1. The van der Waals surface area contributed by atoms with Crippen molar-refractivity contribution in [2.24, 2.45) is 0 Å². The van der Waals surface area contributed by atoms with Crippen molar-refractivity contribution >= 4 is 39.0 Å². The number of hydrogen-bond acceptors (Lipinski definition) is 3. The Morgan fingerprint density at radius 1 is 1.62 bits per heavy atom. The average Bonchev–Trinajstić information content (AvgIpc) is 2.26. The molecule has 6 heteroatoms. The lowest BCUT2D eigenvalue weighted by Gasteiger charge is -2.10. The van der Waals surface area contributed by atoms with Gasteiger partial charge in [-0.05, 0) is 12.5 Å². The van der Waals surface area contributed by atoms with Crippen molar-refractivity contribution in [3.63, 3.8) is 0 Å². The van der Waals surface area contributed by atoms with Gasteiger partial charge in [0, 0.05) is 11.6 Å². The summed E-state index contributed by atoms with van der Waals surface area (Å²) in [4.78, 5) is 21.0. The van der Waals surface area contributed by atoms with Crippen molar-refractivity contribution in [1.82, 2.24) is 0 Å². The van der Waals surface area contributed by atoms with Crippen molar-refractivity contribution in [3.8, 4) is 0 Å². The Morgan fingerprint density at radius 3 is 2.69 bits per heavy atom. The molecule has 0 N–H and O–H groups in total. The lowest BCUT2D eigenvalue weighted by Crippen LogP contribution is -2.06. The molecule has 1 aromatic carbocycles. The maximum Gasteiger partial charge on any atom is 0.274 e. The summed E-state index contributed by atoms with van der Waals surface area (Å²) in [6.07, 6.45) is 0. The summed E-state index contributed by atoms with van der Waals surface area (Å²) < 4.78 is 0. The maximum atomic E-state index is 11.2. The smallest absolute Gasteiger partial charge is 0.274 e. The molecule has 0 aliphatic rings. The van der Waals surface area contributed by atoms with E-state index in [1.54, 1.807) is 12.1 Å². The van der Waals surface area contributed by atoms with E-state index in [-0.39, 0.29) is 17.4 Å². The summed E-state index contributed by atoms with van der Waals surface area (Å²) in [5.74, 6) is -0.117. The zero-order valence-corrected chi connectivity index (χ0v) is 10.8. The quantitative estimate of drug-likeness (QED) is 0.487. The van der Waals surface area contributed by atoms with Gasteiger partial charge in [-0.1, -0.05) is 28.1 Å². The molecule has 0 spiro atoms. The molecule has 4 nitrogen and oxygen atoms in total. The van der Waals surface area contributed by atoms with Crippen molar-refractivity contribution in [2.75, 3.05) is 0 Å². The molecule has 1 aromatic rings. The summed E-state index contributed by atoms with van der Waals surface area (Å²) in [6.45, 7) is 1.41. The predicted molar refractivity (Wildman–Crippen MR) is 65.0 cm³/mol. The number of nitrogens with zero attached hydrogens (tertiary/aromatic N) is 1. The molecule has 0 saturated heterocycles. The summed E-state index contributed by atoms with van der Waals surface area (Å²) in [5.41, 5.74) is 0.876. The van der Waals surface area contributed by atoms with E-state index >= 15 is 0 Å². The molecule has 0 aliphatic heterocycles. The lowest BCUT2D eigenvalue weighted by atomic mass is 10.0. The van der Waals surface area contributed by atoms with Crippen molar-refractivity contribution < 1.29 is 9.72 Å². The Bertz CT molecular complexity index is 436. The van der Waals surface area contributed by atoms with E-state index in [1.165, 1.54) is 13.0 Å². The molecule has 1 atom stereocenters. The maximum absolute atomic E-state index is 11.2. The van der Waals surface area contributed by atoms with Crippen LogP contribution in [0.5, 0.6) is 0 Å². The highest BCUT2D eigenvalue weighted by Crippen LogP contribution is 2.33. The molecular weight excluding hydrogens is 297 g/mol. The third-order valence-corrected chi connectivity index (χ3v) is 3.55. The van der Waals surface area contributed by atoms with Gasteiger partial charge in [0.25, 0.3) is 5.69 Å². The van der Waals surface area contributed by atoms with Gasteiger partial charge in [-0.25, -0.2) is 0 Å². The van der Waals surface area contributed by atoms with Crippen LogP contribution in [-0.2, 0) is 10.7 Å². The van der Waals surface area contributed by atoms with Crippen LogP contribution in [0.1, 0.15) is 22.9 Å². The number of carbonyl (C=O) groups is 1. The van der Waals surface area contributed by atoms with Gasteiger partial charge in [-0.15, -0.1) is 11.6 Å². The normalized spacial score (nSPS) is 12.2. The van der Waals surface area contributed by atoms with Gasteiger partial charge in [0.15, 0.2) is 0 Å². The van der Waals surface area contributed by atoms with Gasteiger partial charge in [0.1, 0.15) is 5.78 Å².